The van der Waals surface area contributed by atoms with Gasteiger partial charge in [0.1, 0.15) is 5.82 Å². The molecule has 18 heavy (non-hydrogen) atoms. The Morgan fingerprint density at radius 2 is 2.28 bits per heavy atom. The van der Waals surface area contributed by atoms with Gasteiger partial charge in [-0.1, -0.05) is 6.92 Å². The van der Waals surface area contributed by atoms with Crippen LogP contribution in [-0.2, 0) is 0 Å². The van der Waals surface area contributed by atoms with Gasteiger partial charge in [-0.25, -0.2) is 4.98 Å². The zero-order valence-corrected chi connectivity index (χ0v) is 12.0. The maximum atomic E-state index is 11.8. The Morgan fingerprint density at radius 1 is 1.50 bits per heavy atom. The minimum Gasteiger partial charge on any atom is -0.370 e. The number of carbonyl (C=O) groups excluding carboxylic acids is 1. The van der Waals surface area contributed by atoms with Crippen molar-refractivity contribution in [2.75, 3.05) is 30.4 Å². The van der Waals surface area contributed by atoms with Gasteiger partial charge in [0.05, 0.1) is 5.56 Å². The molecular weight excluding hydrogens is 246 g/mol. The molecule has 2 N–H and O–H groups in total. The highest BCUT2D eigenvalue weighted by Gasteiger charge is 2.08. The van der Waals surface area contributed by atoms with E-state index in [1.54, 1.807) is 24.0 Å². The van der Waals surface area contributed by atoms with Crippen LogP contribution in [0, 0.1) is 5.92 Å². The first-order chi connectivity index (χ1) is 8.67. The SMILES string of the molecule is CCNc1ccc(C(=O)NCC(C)CSC)cn1. The molecule has 1 heterocycles. The summed E-state index contributed by atoms with van der Waals surface area (Å²) in [7, 11) is 0. The van der Waals surface area contributed by atoms with Crippen LogP contribution in [0.2, 0.25) is 0 Å². The van der Waals surface area contributed by atoms with Gasteiger partial charge in [-0.2, -0.15) is 11.8 Å². The van der Waals surface area contributed by atoms with Gasteiger partial charge < -0.3 is 10.6 Å². The largest absolute Gasteiger partial charge is 0.370 e. The number of carbonyl (C=O) groups is 1. The van der Waals surface area contributed by atoms with Crippen LogP contribution in [0.25, 0.3) is 0 Å². The van der Waals surface area contributed by atoms with Crippen molar-refractivity contribution in [3.63, 3.8) is 0 Å². The monoisotopic (exact) mass is 267 g/mol. The van der Waals surface area contributed by atoms with Crippen LogP contribution in [0.15, 0.2) is 18.3 Å². The van der Waals surface area contributed by atoms with E-state index in [0.717, 1.165) is 18.1 Å². The summed E-state index contributed by atoms with van der Waals surface area (Å²) in [4.78, 5) is 16.0. The minimum absolute atomic E-state index is 0.0569. The number of anilines is 1. The fourth-order valence-corrected chi connectivity index (χ4v) is 2.21. The first kappa shape index (κ1) is 14.8. The molecule has 0 spiro atoms. The molecule has 0 radical (unpaired) electrons. The molecule has 0 saturated heterocycles. The highest BCUT2D eigenvalue weighted by Crippen LogP contribution is 2.06. The number of hydrogen-bond acceptors (Lipinski definition) is 4. The number of hydrogen-bond donors (Lipinski definition) is 2. The van der Waals surface area contributed by atoms with Crippen molar-refractivity contribution >= 4 is 23.5 Å². The Labute approximate surface area is 113 Å². The lowest BCUT2D eigenvalue weighted by molar-refractivity contribution is 0.0949. The Bertz CT molecular complexity index is 367. The predicted molar refractivity (Wildman–Crippen MR) is 78.3 cm³/mol. The van der Waals surface area contributed by atoms with Crippen LogP contribution in [0.1, 0.15) is 24.2 Å². The number of nitrogens with zero attached hydrogens (tertiary/aromatic N) is 1. The molecule has 0 saturated carbocycles. The lowest BCUT2D eigenvalue weighted by Crippen LogP contribution is -2.29. The summed E-state index contributed by atoms with van der Waals surface area (Å²) in [5.41, 5.74) is 0.605. The third kappa shape index (κ3) is 4.96. The molecule has 1 atom stereocenters. The average molecular weight is 267 g/mol. The van der Waals surface area contributed by atoms with E-state index in [-0.39, 0.29) is 5.91 Å². The summed E-state index contributed by atoms with van der Waals surface area (Å²) in [5.74, 6) is 2.28. The lowest BCUT2D eigenvalue weighted by Gasteiger charge is -2.11. The quantitative estimate of drug-likeness (QED) is 0.795. The van der Waals surface area contributed by atoms with E-state index in [4.69, 9.17) is 0 Å². The van der Waals surface area contributed by atoms with Gasteiger partial charge in [0.25, 0.3) is 5.91 Å². The summed E-state index contributed by atoms with van der Waals surface area (Å²) < 4.78 is 0. The van der Waals surface area contributed by atoms with E-state index in [1.807, 2.05) is 13.0 Å². The Morgan fingerprint density at radius 3 is 2.83 bits per heavy atom. The molecule has 0 fully saturated rings. The molecule has 1 amide bonds. The standard InChI is InChI=1S/C13H21N3OS/c1-4-14-12-6-5-11(8-15-12)13(17)16-7-10(2)9-18-3/h5-6,8,10H,4,7,9H2,1-3H3,(H,14,15)(H,16,17). The third-order valence-electron chi connectivity index (χ3n) is 2.45. The fourth-order valence-electron chi connectivity index (χ4n) is 1.53. The van der Waals surface area contributed by atoms with Gasteiger partial charge in [-0.05, 0) is 37.0 Å². The number of rotatable bonds is 7. The summed E-state index contributed by atoms with van der Waals surface area (Å²) in [6, 6.07) is 3.61. The molecule has 0 bridgehead atoms. The lowest BCUT2D eigenvalue weighted by atomic mass is 10.2. The molecule has 1 aromatic heterocycles. The Hall–Kier alpha value is -1.23. The second-order valence-electron chi connectivity index (χ2n) is 4.23. The molecule has 0 aromatic carbocycles. The molecular formula is C13H21N3OS. The molecule has 4 nitrogen and oxygen atoms in total. The number of pyridine rings is 1. The van der Waals surface area contributed by atoms with E-state index in [0.29, 0.717) is 18.0 Å². The number of nitrogens with one attached hydrogen (secondary N) is 2. The first-order valence-electron chi connectivity index (χ1n) is 6.14. The third-order valence-corrected chi connectivity index (χ3v) is 3.35. The van der Waals surface area contributed by atoms with Crippen molar-refractivity contribution in [2.24, 2.45) is 5.92 Å². The summed E-state index contributed by atoms with van der Waals surface area (Å²) in [6.45, 7) is 5.66. The fraction of sp³-hybridized carbons (Fsp3) is 0.538. The van der Waals surface area contributed by atoms with E-state index < -0.39 is 0 Å². The first-order valence-corrected chi connectivity index (χ1v) is 7.53. The second-order valence-corrected chi connectivity index (χ2v) is 5.14. The van der Waals surface area contributed by atoms with E-state index in [9.17, 15) is 4.79 Å². The number of aromatic nitrogens is 1. The van der Waals surface area contributed by atoms with Crippen LogP contribution in [0.4, 0.5) is 5.82 Å². The highest BCUT2D eigenvalue weighted by atomic mass is 32.2. The van der Waals surface area contributed by atoms with E-state index in [1.165, 1.54) is 0 Å². The van der Waals surface area contributed by atoms with Crippen LogP contribution < -0.4 is 10.6 Å². The van der Waals surface area contributed by atoms with Gasteiger partial charge in [0.15, 0.2) is 0 Å². The van der Waals surface area contributed by atoms with Crippen molar-refractivity contribution in [2.45, 2.75) is 13.8 Å². The minimum atomic E-state index is -0.0569. The molecule has 0 aliphatic rings. The van der Waals surface area contributed by atoms with Crippen LogP contribution in [-0.4, -0.2) is 36.0 Å². The molecule has 5 heteroatoms. The van der Waals surface area contributed by atoms with Crippen molar-refractivity contribution in [3.8, 4) is 0 Å². The van der Waals surface area contributed by atoms with Crippen molar-refractivity contribution in [3.05, 3.63) is 23.9 Å². The van der Waals surface area contributed by atoms with Crippen molar-refractivity contribution in [1.82, 2.24) is 10.3 Å². The normalized spacial score (nSPS) is 11.9. The molecule has 1 aromatic rings. The second kappa shape index (κ2) is 7.97. The van der Waals surface area contributed by atoms with Gasteiger partial charge >= 0.3 is 0 Å². The van der Waals surface area contributed by atoms with Crippen molar-refractivity contribution in [1.29, 1.82) is 0 Å². The van der Waals surface area contributed by atoms with Gasteiger partial charge in [-0.15, -0.1) is 0 Å². The topological polar surface area (TPSA) is 54.0 Å². The molecule has 100 valence electrons. The van der Waals surface area contributed by atoms with E-state index in [2.05, 4.69) is 28.8 Å². The summed E-state index contributed by atoms with van der Waals surface area (Å²) in [5, 5.41) is 6.02. The summed E-state index contributed by atoms with van der Waals surface area (Å²) >= 11 is 1.79. The van der Waals surface area contributed by atoms with E-state index >= 15 is 0 Å². The van der Waals surface area contributed by atoms with Crippen molar-refractivity contribution < 1.29 is 4.79 Å². The van der Waals surface area contributed by atoms with Crippen LogP contribution >= 0.6 is 11.8 Å². The maximum Gasteiger partial charge on any atom is 0.252 e. The highest BCUT2D eigenvalue weighted by molar-refractivity contribution is 7.98. The molecule has 1 unspecified atom stereocenters. The molecule has 0 aliphatic carbocycles. The Balaban J connectivity index is 2.46. The summed E-state index contributed by atoms with van der Waals surface area (Å²) in [6.07, 6.45) is 3.67. The van der Waals surface area contributed by atoms with Gasteiger partial charge in [-0.3, -0.25) is 4.79 Å². The average Bonchev–Trinajstić information content (AvgIpc) is 2.37. The number of thioether (sulfide) groups is 1. The van der Waals surface area contributed by atoms with Crippen LogP contribution in [0.5, 0.6) is 0 Å². The Kier molecular flexibility index (Phi) is 6.57. The zero-order chi connectivity index (χ0) is 13.4. The molecule has 0 aliphatic heterocycles. The smallest absolute Gasteiger partial charge is 0.252 e. The van der Waals surface area contributed by atoms with Gasteiger partial charge in [0.2, 0.25) is 0 Å². The zero-order valence-electron chi connectivity index (χ0n) is 11.2. The molecule has 1 rings (SSSR count). The van der Waals surface area contributed by atoms with Gasteiger partial charge in [0, 0.05) is 19.3 Å². The number of amides is 1. The predicted octanol–water partition coefficient (Wildman–Crippen LogP) is 2.24. The van der Waals surface area contributed by atoms with Crippen LogP contribution in [0.3, 0.4) is 0 Å². The maximum absolute atomic E-state index is 11.8.